The summed E-state index contributed by atoms with van der Waals surface area (Å²) < 4.78 is 11.3. The first-order valence-electron chi connectivity index (χ1n) is 7.57. The molecule has 3 aromatic rings. The summed E-state index contributed by atoms with van der Waals surface area (Å²) >= 11 is 0. The molecule has 3 aromatic carbocycles. The van der Waals surface area contributed by atoms with Crippen LogP contribution in [0.5, 0.6) is 0 Å². The van der Waals surface area contributed by atoms with E-state index in [0.717, 1.165) is 16.7 Å². The lowest BCUT2D eigenvalue weighted by Gasteiger charge is -2.35. The first-order chi connectivity index (χ1) is 11.4. The van der Waals surface area contributed by atoms with Gasteiger partial charge < -0.3 is 9.47 Å². The average molecular weight is 303 g/mol. The van der Waals surface area contributed by atoms with Crippen molar-refractivity contribution < 1.29 is 9.47 Å². The van der Waals surface area contributed by atoms with Crippen molar-refractivity contribution >= 4 is 0 Å². The van der Waals surface area contributed by atoms with Gasteiger partial charge in [-0.1, -0.05) is 91.0 Å². The maximum Gasteiger partial charge on any atom is 0.210 e. The van der Waals surface area contributed by atoms with E-state index in [1.165, 1.54) is 6.79 Å². The highest BCUT2D eigenvalue weighted by molar-refractivity contribution is 5.47. The van der Waals surface area contributed by atoms with E-state index >= 15 is 0 Å². The van der Waals surface area contributed by atoms with Crippen LogP contribution in [0.4, 0.5) is 0 Å². The van der Waals surface area contributed by atoms with Gasteiger partial charge in [-0.3, -0.25) is 0 Å². The Labute approximate surface area is 137 Å². The van der Waals surface area contributed by atoms with Gasteiger partial charge in [0.25, 0.3) is 0 Å². The minimum atomic E-state index is -0.750. The Morgan fingerprint density at radius 3 is 1.26 bits per heavy atom. The molecule has 0 unspecified atom stereocenters. The third-order valence-corrected chi connectivity index (χ3v) is 3.86. The Kier molecular flexibility index (Phi) is 4.86. The summed E-state index contributed by atoms with van der Waals surface area (Å²) in [6, 6.07) is 30.6. The molecule has 0 aliphatic carbocycles. The van der Waals surface area contributed by atoms with Crippen LogP contribution in [-0.2, 0) is 15.1 Å². The average Bonchev–Trinajstić information content (AvgIpc) is 2.65. The van der Waals surface area contributed by atoms with E-state index in [1.807, 2.05) is 54.6 Å². The van der Waals surface area contributed by atoms with Crippen molar-refractivity contribution in [1.29, 1.82) is 0 Å². The lowest BCUT2D eigenvalue weighted by molar-refractivity contribution is -0.0318. The summed E-state index contributed by atoms with van der Waals surface area (Å²) in [7, 11) is 1.59. The number of hydrogen-bond donors (Lipinski definition) is 0. The fourth-order valence-corrected chi connectivity index (χ4v) is 2.84. The lowest BCUT2D eigenvalue weighted by Crippen LogP contribution is -2.32. The predicted molar refractivity (Wildman–Crippen MR) is 91.6 cm³/mol. The number of ether oxygens (including phenoxy) is 2. The molecule has 0 atom stereocenters. The Morgan fingerprint density at radius 2 is 0.957 bits per heavy atom. The minimum Gasteiger partial charge on any atom is -0.351 e. The summed E-state index contributed by atoms with van der Waals surface area (Å²) in [5, 5.41) is 0. The summed E-state index contributed by atoms with van der Waals surface area (Å²) in [5.74, 6) is 0. The van der Waals surface area contributed by atoms with Crippen molar-refractivity contribution in [2.24, 2.45) is 0 Å². The molecule has 0 bridgehead atoms. The second kappa shape index (κ2) is 7.23. The third-order valence-electron chi connectivity index (χ3n) is 3.86. The molecule has 0 saturated carbocycles. The van der Waals surface area contributed by atoms with Crippen molar-refractivity contribution in [2.45, 2.75) is 5.60 Å². The molecule has 3 rings (SSSR count). The second-order valence-electron chi connectivity index (χ2n) is 5.23. The molecule has 2 heteroatoms. The van der Waals surface area contributed by atoms with Crippen molar-refractivity contribution in [3.8, 4) is 0 Å². The van der Waals surface area contributed by atoms with Gasteiger partial charge in [-0.15, -0.1) is 0 Å². The number of rotatable bonds is 6. The quantitative estimate of drug-likeness (QED) is 0.611. The normalized spacial score (nSPS) is 11.3. The van der Waals surface area contributed by atoms with Crippen molar-refractivity contribution in [3.63, 3.8) is 0 Å². The van der Waals surface area contributed by atoms with Crippen LogP contribution in [0.15, 0.2) is 91.0 Å². The highest BCUT2D eigenvalue weighted by Gasteiger charge is 2.37. The molecule has 2 nitrogen and oxygen atoms in total. The molecule has 0 amide bonds. The number of methoxy groups -OCH3 is 1. The monoisotopic (exact) mass is 303 g/mol. The molecule has 0 aliphatic rings. The largest absolute Gasteiger partial charge is 0.351 e. The topological polar surface area (TPSA) is 18.5 Å². The van der Waals surface area contributed by atoms with Crippen LogP contribution < -0.4 is 0 Å². The summed E-state index contributed by atoms with van der Waals surface area (Å²) in [4.78, 5) is 0. The Bertz CT molecular complexity index is 612. The van der Waals surface area contributed by atoms with Crippen molar-refractivity contribution in [3.05, 3.63) is 114 Å². The SMILES string of the molecule is CO[CH]OC(c1ccccc1)(c1ccccc1)c1ccccc1. The molecule has 0 aliphatic heterocycles. The summed E-state index contributed by atoms with van der Waals surface area (Å²) in [5.41, 5.74) is 2.39. The fourth-order valence-electron chi connectivity index (χ4n) is 2.84. The first-order valence-corrected chi connectivity index (χ1v) is 7.57. The lowest BCUT2D eigenvalue weighted by atomic mass is 9.80. The predicted octanol–water partition coefficient (Wildman–Crippen LogP) is 4.76. The zero-order valence-electron chi connectivity index (χ0n) is 13.1. The van der Waals surface area contributed by atoms with Crippen molar-refractivity contribution in [2.75, 3.05) is 7.11 Å². The highest BCUT2D eigenvalue weighted by Crippen LogP contribution is 2.40. The maximum atomic E-state index is 6.19. The van der Waals surface area contributed by atoms with E-state index in [9.17, 15) is 0 Å². The molecule has 0 aromatic heterocycles. The van der Waals surface area contributed by atoms with Gasteiger partial charge in [0.05, 0.1) is 0 Å². The smallest absolute Gasteiger partial charge is 0.210 e. The molecule has 0 saturated heterocycles. The van der Waals surface area contributed by atoms with Gasteiger partial charge >= 0.3 is 0 Å². The van der Waals surface area contributed by atoms with Crippen LogP contribution in [0.25, 0.3) is 0 Å². The molecule has 0 fully saturated rings. The van der Waals surface area contributed by atoms with Gasteiger partial charge in [-0.05, 0) is 16.7 Å². The number of benzene rings is 3. The number of hydrogen-bond acceptors (Lipinski definition) is 2. The first kappa shape index (κ1) is 15.5. The molecule has 0 heterocycles. The molecular formula is C21H19O2. The van der Waals surface area contributed by atoms with Crippen molar-refractivity contribution in [1.82, 2.24) is 0 Å². The molecule has 115 valence electrons. The van der Waals surface area contributed by atoms with Crippen LogP contribution in [-0.4, -0.2) is 7.11 Å². The van der Waals surface area contributed by atoms with Gasteiger partial charge in [0.2, 0.25) is 6.79 Å². The Balaban J connectivity index is 2.25. The minimum absolute atomic E-state index is 0.750. The van der Waals surface area contributed by atoms with Crippen LogP contribution in [0.1, 0.15) is 16.7 Å². The van der Waals surface area contributed by atoms with Crippen LogP contribution in [0.2, 0.25) is 0 Å². The van der Waals surface area contributed by atoms with E-state index in [2.05, 4.69) is 36.4 Å². The highest BCUT2D eigenvalue weighted by atomic mass is 16.7. The molecule has 1 radical (unpaired) electrons. The van der Waals surface area contributed by atoms with Gasteiger partial charge in [0, 0.05) is 7.11 Å². The zero-order valence-corrected chi connectivity index (χ0v) is 13.1. The van der Waals surface area contributed by atoms with E-state index in [4.69, 9.17) is 9.47 Å². The van der Waals surface area contributed by atoms with Crippen LogP contribution in [0.3, 0.4) is 0 Å². The van der Waals surface area contributed by atoms with E-state index in [0.29, 0.717) is 0 Å². The standard InChI is InChI=1S/C21H19O2/c1-22-17-23-21(18-11-5-2-6-12-18,19-13-7-3-8-14-19)20-15-9-4-10-16-20/h2-17H,1H3. The molecule has 0 spiro atoms. The Hall–Kier alpha value is -2.42. The van der Waals surface area contributed by atoms with Crippen LogP contribution in [0, 0.1) is 6.79 Å². The molecule has 0 N–H and O–H groups in total. The van der Waals surface area contributed by atoms with E-state index in [1.54, 1.807) is 7.11 Å². The van der Waals surface area contributed by atoms with Crippen LogP contribution >= 0.6 is 0 Å². The van der Waals surface area contributed by atoms with Gasteiger partial charge in [-0.25, -0.2) is 0 Å². The van der Waals surface area contributed by atoms with E-state index in [-0.39, 0.29) is 0 Å². The molecule has 23 heavy (non-hydrogen) atoms. The van der Waals surface area contributed by atoms with Gasteiger partial charge in [0.15, 0.2) is 0 Å². The van der Waals surface area contributed by atoms with Gasteiger partial charge in [0.1, 0.15) is 5.60 Å². The Morgan fingerprint density at radius 1 is 0.609 bits per heavy atom. The second-order valence-corrected chi connectivity index (χ2v) is 5.23. The maximum absolute atomic E-state index is 6.19. The molecular weight excluding hydrogens is 284 g/mol. The summed E-state index contributed by atoms with van der Waals surface area (Å²) in [6.07, 6.45) is 0. The van der Waals surface area contributed by atoms with E-state index < -0.39 is 5.60 Å². The zero-order chi connectivity index (χ0) is 16.0. The summed E-state index contributed by atoms with van der Waals surface area (Å²) in [6.45, 7) is 1.40. The third kappa shape index (κ3) is 3.04. The van der Waals surface area contributed by atoms with Gasteiger partial charge in [-0.2, -0.15) is 0 Å². The fraction of sp³-hybridized carbons (Fsp3) is 0.0952.